The molecule has 4 heteroatoms. The Bertz CT molecular complexity index is 682. The minimum atomic E-state index is -0.964. The van der Waals surface area contributed by atoms with Crippen molar-refractivity contribution in [2.75, 3.05) is 11.1 Å². The number of rotatable bonds is 3. The Morgan fingerprint density at radius 1 is 1.24 bits per heavy atom. The average molecular weight is 282 g/mol. The maximum Gasteiger partial charge on any atom is 0.337 e. The predicted octanol–water partition coefficient (Wildman–Crippen LogP) is 3.46. The highest BCUT2D eigenvalue weighted by Crippen LogP contribution is 2.33. The van der Waals surface area contributed by atoms with Crippen LogP contribution in [0, 0.1) is 0 Å². The maximum atomic E-state index is 11.4. The molecular formula is C17H18N2O2. The van der Waals surface area contributed by atoms with Crippen molar-refractivity contribution >= 4 is 17.3 Å². The first kappa shape index (κ1) is 13.5. The summed E-state index contributed by atoms with van der Waals surface area (Å²) in [5.41, 5.74) is 9.59. The van der Waals surface area contributed by atoms with E-state index in [9.17, 15) is 9.90 Å². The molecule has 1 aliphatic rings. The van der Waals surface area contributed by atoms with Crippen LogP contribution < -0.4 is 11.1 Å². The number of hydrogen-bond acceptors (Lipinski definition) is 3. The molecule has 2 aromatic rings. The van der Waals surface area contributed by atoms with Gasteiger partial charge in [-0.25, -0.2) is 4.79 Å². The topological polar surface area (TPSA) is 75.3 Å². The van der Waals surface area contributed by atoms with Gasteiger partial charge in [0.15, 0.2) is 0 Å². The van der Waals surface area contributed by atoms with E-state index in [1.807, 2.05) is 12.1 Å². The Balaban J connectivity index is 1.93. The van der Waals surface area contributed by atoms with Crippen LogP contribution in [0.2, 0.25) is 0 Å². The normalized spacial score (nSPS) is 17.0. The number of fused-ring (bicyclic) bond motifs is 1. The van der Waals surface area contributed by atoms with Gasteiger partial charge < -0.3 is 16.2 Å². The van der Waals surface area contributed by atoms with Gasteiger partial charge in [-0.05, 0) is 48.6 Å². The molecular weight excluding hydrogens is 264 g/mol. The number of hydrogen-bond donors (Lipinski definition) is 3. The lowest BCUT2D eigenvalue weighted by molar-refractivity contribution is 0.0698. The summed E-state index contributed by atoms with van der Waals surface area (Å²) in [5.74, 6) is -0.964. The third-order valence-corrected chi connectivity index (χ3v) is 3.97. The number of anilines is 2. The zero-order valence-electron chi connectivity index (χ0n) is 11.7. The molecule has 0 aromatic heterocycles. The van der Waals surface area contributed by atoms with Gasteiger partial charge in [-0.15, -0.1) is 0 Å². The quantitative estimate of drug-likeness (QED) is 0.754. The van der Waals surface area contributed by atoms with E-state index in [0.717, 1.165) is 19.3 Å². The zero-order chi connectivity index (χ0) is 14.8. The number of carboxylic acid groups (broad SMARTS) is 1. The largest absolute Gasteiger partial charge is 0.478 e. The molecule has 0 spiro atoms. The van der Waals surface area contributed by atoms with E-state index in [0.29, 0.717) is 11.4 Å². The molecule has 4 N–H and O–H groups in total. The lowest BCUT2D eigenvalue weighted by Crippen LogP contribution is -2.18. The molecule has 0 amide bonds. The first-order valence-corrected chi connectivity index (χ1v) is 7.12. The van der Waals surface area contributed by atoms with Crippen molar-refractivity contribution in [2.24, 2.45) is 0 Å². The molecule has 4 nitrogen and oxygen atoms in total. The van der Waals surface area contributed by atoms with Crippen LogP contribution in [0.3, 0.4) is 0 Å². The van der Waals surface area contributed by atoms with Crippen LogP contribution in [-0.4, -0.2) is 11.1 Å². The number of carboxylic acids is 1. The molecule has 0 saturated heterocycles. The zero-order valence-corrected chi connectivity index (χ0v) is 11.7. The van der Waals surface area contributed by atoms with E-state index < -0.39 is 5.97 Å². The minimum Gasteiger partial charge on any atom is -0.478 e. The van der Waals surface area contributed by atoms with Crippen molar-refractivity contribution in [3.8, 4) is 0 Å². The molecule has 3 rings (SSSR count). The van der Waals surface area contributed by atoms with Crippen molar-refractivity contribution in [2.45, 2.75) is 25.3 Å². The highest BCUT2D eigenvalue weighted by atomic mass is 16.4. The van der Waals surface area contributed by atoms with E-state index in [1.54, 1.807) is 12.1 Å². The smallest absolute Gasteiger partial charge is 0.337 e. The van der Waals surface area contributed by atoms with Crippen LogP contribution in [0.1, 0.15) is 40.4 Å². The maximum absolute atomic E-state index is 11.4. The molecule has 1 unspecified atom stereocenters. The number of aromatic carboxylic acids is 1. The number of carbonyl (C=O) groups is 1. The van der Waals surface area contributed by atoms with Crippen molar-refractivity contribution in [3.05, 3.63) is 59.2 Å². The van der Waals surface area contributed by atoms with E-state index in [4.69, 9.17) is 5.73 Å². The molecule has 0 fully saturated rings. The second kappa shape index (κ2) is 5.48. The van der Waals surface area contributed by atoms with E-state index in [2.05, 4.69) is 17.4 Å². The highest BCUT2D eigenvalue weighted by Gasteiger charge is 2.21. The second-order valence-electron chi connectivity index (χ2n) is 5.40. The van der Waals surface area contributed by atoms with Crippen molar-refractivity contribution in [1.29, 1.82) is 0 Å². The van der Waals surface area contributed by atoms with Crippen LogP contribution >= 0.6 is 0 Å². The van der Waals surface area contributed by atoms with Crippen LogP contribution in [0.5, 0.6) is 0 Å². The van der Waals surface area contributed by atoms with Gasteiger partial charge in [-0.1, -0.05) is 24.3 Å². The summed E-state index contributed by atoms with van der Waals surface area (Å²) in [5, 5.41) is 12.7. The van der Waals surface area contributed by atoms with E-state index >= 15 is 0 Å². The summed E-state index contributed by atoms with van der Waals surface area (Å²) >= 11 is 0. The van der Waals surface area contributed by atoms with Gasteiger partial charge in [-0.3, -0.25) is 0 Å². The number of nitrogens with two attached hydrogens (primary N) is 1. The second-order valence-corrected chi connectivity index (χ2v) is 5.40. The molecule has 2 aromatic carbocycles. The first-order valence-electron chi connectivity index (χ1n) is 7.12. The fraction of sp³-hybridized carbons (Fsp3) is 0.235. The Morgan fingerprint density at radius 2 is 2.05 bits per heavy atom. The first-order chi connectivity index (χ1) is 10.1. The Labute approximate surface area is 123 Å². The number of nitrogens with one attached hydrogen (secondary N) is 1. The van der Waals surface area contributed by atoms with Crippen molar-refractivity contribution in [3.63, 3.8) is 0 Å². The van der Waals surface area contributed by atoms with Gasteiger partial charge in [0.2, 0.25) is 0 Å². The molecule has 108 valence electrons. The van der Waals surface area contributed by atoms with Crippen molar-refractivity contribution < 1.29 is 9.90 Å². The Kier molecular flexibility index (Phi) is 3.52. The van der Waals surface area contributed by atoms with Gasteiger partial charge in [0.1, 0.15) is 0 Å². The summed E-state index contributed by atoms with van der Waals surface area (Å²) in [6.45, 7) is 0. The fourth-order valence-corrected chi connectivity index (χ4v) is 2.96. The molecule has 1 aliphatic carbocycles. The molecule has 0 radical (unpaired) electrons. The van der Waals surface area contributed by atoms with Crippen molar-refractivity contribution in [1.82, 2.24) is 0 Å². The number of nitrogen functional groups attached to an aromatic ring is 1. The Hall–Kier alpha value is -2.49. The van der Waals surface area contributed by atoms with Gasteiger partial charge in [-0.2, -0.15) is 0 Å². The van der Waals surface area contributed by atoms with E-state index in [-0.39, 0.29) is 11.6 Å². The monoisotopic (exact) mass is 282 g/mol. The molecule has 1 atom stereocenters. The number of aryl methyl sites for hydroxylation is 1. The van der Waals surface area contributed by atoms with Gasteiger partial charge in [0.25, 0.3) is 0 Å². The lowest BCUT2D eigenvalue weighted by Gasteiger charge is -2.27. The lowest BCUT2D eigenvalue weighted by atomic mass is 9.87. The summed E-state index contributed by atoms with van der Waals surface area (Å²) < 4.78 is 0. The van der Waals surface area contributed by atoms with Crippen LogP contribution in [0.25, 0.3) is 0 Å². The average Bonchev–Trinajstić information content (AvgIpc) is 2.49. The predicted molar refractivity (Wildman–Crippen MR) is 83.6 cm³/mol. The van der Waals surface area contributed by atoms with Crippen LogP contribution in [0.15, 0.2) is 42.5 Å². The third-order valence-electron chi connectivity index (χ3n) is 3.97. The number of benzene rings is 2. The molecule has 0 saturated carbocycles. The highest BCUT2D eigenvalue weighted by molar-refractivity contribution is 5.95. The van der Waals surface area contributed by atoms with Crippen LogP contribution in [0.4, 0.5) is 11.4 Å². The van der Waals surface area contributed by atoms with Crippen LogP contribution in [-0.2, 0) is 6.42 Å². The molecule has 0 bridgehead atoms. The SMILES string of the molecule is Nc1ccc(NC2CCCc3ccccc32)c(C(=O)O)c1. The minimum absolute atomic E-state index is 0.150. The summed E-state index contributed by atoms with van der Waals surface area (Å²) in [7, 11) is 0. The summed E-state index contributed by atoms with van der Waals surface area (Å²) in [4.78, 5) is 11.4. The third kappa shape index (κ3) is 2.70. The fourth-order valence-electron chi connectivity index (χ4n) is 2.96. The molecule has 0 aliphatic heterocycles. The van der Waals surface area contributed by atoms with E-state index in [1.165, 1.54) is 17.2 Å². The van der Waals surface area contributed by atoms with Gasteiger partial charge in [0.05, 0.1) is 11.6 Å². The Morgan fingerprint density at radius 3 is 2.86 bits per heavy atom. The molecule has 21 heavy (non-hydrogen) atoms. The van der Waals surface area contributed by atoms with Gasteiger partial charge >= 0.3 is 5.97 Å². The standard InChI is InChI=1S/C17H18N2O2/c18-12-8-9-16(14(10-12)17(20)21)19-15-7-3-5-11-4-1-2-6-13(11)15/h1-2,4,6,8-10,15,19H,3,5,7,18H2,(H,20,21). The van der Waals surface area contributed by atoms with Gasteiger partial charge in [0, 0.05) is 11.4 Å². The molecule has 0 heterocycles. The summed E-state index contributed by atoms with van der Waals surface area (Å²) in [6, 6.07) is 13.5. The summed E-state index contributed by atoms with van der Waals surface area (Å²) in [6.07, 6.45) is 3.19.